The number of nitrogens with one attached hydrogen (secondary N) is 1. The SMILES string of the molecule is COC(CNc1cnccc1N(C)C)OC. The van der Waals surface area contributed by atoms with Gasteiger partial charge in [0.2, 0.25) is 0 Å². The minimum Gasteiger partial charge on any atom is -0.377 e. The zero-order valence-electron chi connectivity index (χ0n) is 10.2. The van der Waals surface area contributed by atoms with Crippen LogP contribution in [-0.2, 0) is 9.47 Å². The summed E-state index contributed by atoms with van der Waals surface area (Å²) in [5, 5.41) is 3.24. The minimum absolute atomic E-state index is 0.254. The molecular formula is C11H19N3O2. The Kier molecular flexibility index (Phi) is 5.01. The smallest absolute Gasteiger partial charge is 0.173 e. The summed E-state index contributed by atoms with van der Waals surface area (Å²) in [5.41, 5.74) is 2.05. The van der Waals surface area contributed by atoms with Gasteiger partial charge in [-0.2, -0.15) is 0 Å². The number of methoxy groups -OCH3 is 2. The maximum atomic E-state index is 5.10. The molecule has 1 aromatic heterocycles. The second kappa shape index (κ2) is 6.30. The summed E-state index contributed by atoms with van der Waals surface area (Å²) < 4.78 is 10.2. The molecule has 0 spiro atoms. The Labute approximate surface area is 96.4 Å². The molecule has 0 saturated carbocycles. The largest absolute Gasteiger partial charge is 0.377 e. The van der Waals surface area contributed by atoms with E-state index in [2.05, 4.69) is 10.3 Å². The van der Waals surface area contributed by atoms with Crippen molar-refractivity contribution in [3.8, 4) is 0 Å². The normalized spacial score (nSPS) is 10.6. The number of rotatable bonds is 6. The number of ether oxygens (including phenoxy) is 2. The zero-order valence-corrected chi connectivity index (χ0v) is 10.2. The fourth-order valence-corrected chi connectivity index (χ4v) is 1.37. The molecule has 1 N–H and O–H groups in total. The number of nitrogens with zero attached hydrogens (tertiary/aromatic N) is 2. The molecule has 16 heavy (non-hydrogen) atoms. The number of aromatic nitrogens is 1. The summed E-state index contributed by atoms with van der Waals surface area (Å²) in [5.74, 6) is 0. The van der Waals surface area contributed by atoms with Crippen LogP contribution >= 0.6 is 0 Å². The molecule has 0 atom stereocenters. The molecule has 0 aliphatic rings. The summed E-state index contributed by atoms with van der Waals surface area (Å²) in [6, 6.07) is 1.96. The Morgan fingerprint density at radius 1 is 1.38 bits per heavy atom. The van der Waals surface area contributed by atoms with Gasteiger partial charge in [-0.25, -0.2) is 0 Å². The van der Waals surface area contributed by atoms with Gasteiger partial charge < -0.3 is 19.7 Å². The van der Waals surface area contributed by atoms with E-state index >= 15 is 0 Å². The zero-order chi connectivity index (χ0) is 12.0. The van der Waals surface area contributed by atoms with Crippen molar-refractivity contribution < 1.29 is 9.47 Å². The maximum Gasteiger partial charge on any atom is 0.173 e. The van der Waals surface area contributed by atoms with Gasteiger partial charge >= 0.3 is 0 Å². The van der Waals surface area contributed by atoms with Crippen LogP contribution < -0.4 is 10.2 Å². The van der Waals surface area contributed by atoms with E-state index in [1.54, 1.807) is 26.6 Å². The van der Waals surface area contributed by atoms with Crippen LogP contribution in [0.15, 0.2) is 18.5 Å². The van der Waals surface area contributed by atoms with Gasteiger partial charge in [0.05, 0.1) is 24.1 Å². The van der Waals surface area contributed by atoms with Crippen LogP contribution in [0.3, 0.4) is 0 Å². The number of anilines is 2. The summed E-state index contributed by atoms with van der Waals surface area (Å²) in [7, 11) is 7.22. The van der Waals surface area contributed by atoms with Crippen molar-refractivity contribution >= 4 is 11.4 Å². The van der Waals surface area contributed by atoms with Crippen LogP contribution in [0, 0.1) is 0 Å². The lowest BCUT2D eigenvalue weighted by Gasteiger charge is -2.20. The standard InChI is InChI=1S/C11H19N3O2/c1-14(2)10-5-6-12-7-9(10)13-8-11(15-3)16-4/h5-7,11,13H,8H2,1-4H3. The average molecular weight is 225 g/mol. The molecule has 5 heteroatoms. The molecule has 5 nitrogen and oxygen atoms in total. The third kappa shape index (κ3) is 3.36. The molecule has 0 unspecified atom stereocenters. The van der Waals surface area contributed by atoms with Gasteiger partial charge in [-0.1, -0.05) is 0 Å². The van der Waals surface area contributed by atoms with E-state index in [1.165, 1.54) is 0 Å². The highest BCUT2D eigenvalue weighted by Crippen LogP contribution is 2.21. The predicted molar refractivity (Wildman–Crippen MR) is 64.9 cm³/mol. The summed E-state index contributed by atoms with van der Waals surface area (Å²) >= 11 is 0. The molecular weight excluding hydrogens is 206 g/mol. The topological polar surface area (TPSA) is 46.6 Å². The Morgan fingerprint density at radius 2 is 2.06 bits per heavy atom. The molecule has 0 aliphatic carbocycles. The van der Waals surface area contributed by atoms with E-state index in [4.69, 9.17) is 9.47 Å². The maximum absolute atomic E-state index is 5.10. The van der Waals surface area contributed by atoms with Crippen molar-refractivity contribution in [2.75, 3.05) is 45.1 Å². The predicted octanol–water partition coefficient (Wildman–Crippen LogP) is 1.18. The fraction of sp³-hybridized carbons (Fsp3) is 0.545. The first-order valence-corrected chi connectivity index (χ1v) is 5.09. The highest BCUT2D eigenvalue weighted by Gasteiger charge is 2.07. The lowest BCUT2D eigenvalue weighted by molar-refractivity contribution is -0.0914. The molecule has 0 aliphatic heterocycles. The monoisotopic (exact) mass is 225 g/mol. The van der Waals surface area contributed by atoms with Gasteiger partial charge in [-0.3, -0.25) is 4.98 Å². The van der Waals surface area contributed by atoms with Crippen LogP contribution in [-0.4, -0.2) is 46.1 Å². The number of hydrogen-bond acceptors (Lipinski definition) is 5. The molecule has 0 aromatic carbocycles. The minimum atomic E-state index is -0.254. The Bertz CT molecular complexity index is 314. The molecule has 1 rings (SSSR count). The van der Waals surface area contributed by atoms with Gasteiger partial charge in [0.25, 0.3) is 0 Å². The van der Waals surface area contributed by atoms with Crippen molar-refractivity contribution in [2.24, 2.45) is 0 Å². The van der Waals surface area contributed by atoms with E-state index in [0.717, 1.165) is 11.4 Å². The van der Waals surface area contributed by atoms with Crippen molar-refractivity contribution in [1.82, 2.24) is 4.98 Å². The lowest BCUT2D eigenvalue weighted by atomic mass is 10.3. The highest BCUT2D eigenvalue weighted by molar-refractivity contribution is 5.67. The van der Waals surface area contributed by atoms with E-state index in [-0.39, 0.29) is 6.29 Å². The van der Waals surface area contributed by atoms with E-state index < -0.39 is 0 Å². The third-order valence-corrected chi connectivity index (χ3v) is 2.26. The summed E-state index contributed by atoms with van der Waals surface area (Å²) in [6.45, 7) is 0.583. The van der Waals surface area contributed by atoms with Crippen molar-refractivity contribution in [1.29, 1.82) is 0 Å². The van der Waals surface area contributed by atoms with Crippen molar-refractivity contribution in [3.05, 3.63) is 18.5 Å². The molecule has 1 heterocycles. The van der Waals surface area contributed by atoms with Crippen LogP contribution in [0.2, 0.25) is 0 Å². The van der Waals surface area contributed by atoms with E-state index in [1.807, 2.05) is 25.1 Å². The first kappa shape index (κ1) is 12.7. The Hall–Kier alpha value is -1.33. The second-order valence-electron chi connectivity index (χ2n) is 3.57. The third-order valence-electron chi connectivity index (χ3n) is 2.26. The van der Waals surface area contributed by atoms with Crippen LogP contribution in [0.4, 0.5) is 11.4 Å². The molecule has 0 radical (unpaired) electrons. The number of pyridine rings is 1. The quantitative estimate of drug-likeness (QED) is 0.737. The van der Waals surface area contributed by atoms with E-state index in [9.17, 15) is 0 Å². The summed E-state index contributed by atoms with van der Waals surface area (Å²) in [6.07, 6.45) is 3.30. The Balaban J connectivity index is 2.66. The van der Waals surface area contributed by atoms with Gasteiger partial charge in [-0.15, -0.1) is 0 Å². The van der Waals surface area contributed by atoms with Gasteiger partial charge in [0.1, 0.15) is 0 Å². The average Bonchev–Trinajstić information content (AvgIpc) is 2.30. The lowest BCUT2D eigenvalue weighted by Crippen LogP contribution is -2.24. The molecule has 0 saturated heterocycles. The Morgan fingerprint density at radius 3 is 2.62 bits per heavy atom. The fourth-order valence-electron chi connectivity index (χ4n) is 1.37. The molecule has 1 aromatic rings. The molecule has 0 amide bonds. The first-order valence-electron chi connectivity index (χ1n) is 5.09. The number of hydrogen-bond donors (Lipinski definition) is 1. The van der Waals surface area contributed by atoms with Crippen molar-refractivity contribution in [2.45, 2.75) is 6.29 Å². The second-order valence-corrected chi connectivity index (χ2v) is 3.57. The van der Waals surface area contributed by atoms with Gasteiger partial charge in [0.15, 0.2) is 6.29 Å². The van der Waals surface area contributed by atoms with Crippen LogP contribution in [0.25, 0.3) is 0 Å². The first-order chi connectivity index (χ1) is 7.69. The van der Waals surface area contributed by atoms with Crippen LogP contribution in [0.5, 0.6) is 0 Å². The van der Waals surface area contributed by atoms with Crippen molar-refractivity contribution in [3.63, 3.8) is 0 Å². The van der Waals surface area contributed by atoms with Gasteiger partial charge in [0, 0.05) is 34.5 Å². The molecule has 90 valence electrons. The van der Waals surface area contributed by atoms with E-state index in [0.29, 0.717) is 6.54 Å². The highest BCUT2D eigenvalue weighted by atomic mass is 16.7. The molecule has 0 fully saturated rings. The summed E-state index contributed by atoms with van der Waals surface area (Å²) in [4.78, 5) is 6.11. The molecule has 0 bridgehead atoms. The van der Waals surface area contributed by atoms with Crippen LogP contribution in [0.1, 0.15) is 0 Å². The van der Waals surface area contributed by atoms with Gasteiger partial charge in [-0.05, 0) is 6.07 Å².